The Bertz CT molecular complexity index is 1210. The minimum atomic E-state index is -1.34. The number of nitrogens with zero attached hydrogens (tertiary/aromatic N) is 4. The number of hydrogen-bond donors (Lipinski definition) is 1. The summed E-state index contributed by atoms with van der Waals surface area (Å²) in [5.41, 5.74) is 9.31. The van der Waals surface area contributed by atoms with Gasteiger partial charge in [0.1, 0.15) is 23.6 Å². The Labute approximate surface area is 168 Å². The number of pyridine rings is 1. The quantitative estimate of drug-likeness (QED) is 0.512. The van der Waals surface area contributed by atoms with Gasteiger partial charge in [-0.15, -0.1) is 0 Å². The third-order valence-corrected chi connectivity index (χ3v) is 5.42. The zero-order chi connectivity index (χ0) is 20.0. The predicted octanol–water partition coefficient (Wildman–Crippen LogP) is 3.88. The van der Waals surface area contributed by atoms with E-state index in [1.807, 2.05) is 0 Å². The lowest BCUT2D eigenvalue weighted by molar-refractivity contribution is 0.600. The SMILES string of the molecule is Cc1cc(-c2nc3c([S+](C)[O-])cc(Cl)nn3c2-c2ccnc(N)c2)ccc1F. The van der Waals surface area contributed by atoms with E-state index >= 15 is 0 Å². The molecule has 0 saturated carbocycles. The summed E-state index contributed by atoms with van der Waals surface area (Å²) in [6.07, 6.45) is 3.12. The van der Waals surface area contributed by atoms with Crippen LogP contribution >= 0.6 is 11.6 Å². The van der Waals surface area contributed by atoms with Gasteiger partial charge in [0.25, 0.3) is 0 Å². The molecule has 1 atom stereocenters. The predicted molar refractivity (Wildman–Crippen MR) is 108 cm³/mol. The highest BCUT2D eigenvalue weighted by atomic mass is 35.5. The molecule has 0 aliphatic heterocycles. The van der Waals surface area contributed by atoms with Crippen LogP contribution in [0.15, 0.2) is 47.5 Å². The van der Waals surface area contributed by atoms with Crippen LogP contribution in [-0.2, 0) is 11.2 Å². The second kappa shape index (κ2) is 7.05. The van der Waals surface area contributed by atoms with Crippen molar-refractivity contribution in [3.8, 4) is 22.5 Å². The molecule has 1 unspecified atom stereocenters. The number of nitrogens with two attached hydrogens (primary N) is 1. The Hall–Kier alpha value is -2.68. The molecule has 28 heavy (non-hydrogen) atoms. The maximum absolute atomic E-state index is 13.8. The van der Waals surface area contributed by atoms with E-state index in [9.17, 15) is 8.94 Å². The molecule has 0 amide bonds. The van der Waals surface area contributed by atoms with E-state index < -0.39 is 11.2 Å². The van der Waals surface area contributed by atoms with E-state index in [-0.39, 0.29) is 11.0 Å². The fourth-order valence-corrected chi connectivity index (χ4v) is 3.94. The summed E-state index contributed by atoms with van der Waals surface area (Å²) in [4.78, 5) is 9.16. The molecule has 0 bridgehead atoms. The smallest absolute Gasteiger partial charge is 0.211 e. The summed E-state index contributed by atoms with van der Waals surface area (Å²) in [6.45, 7) is 1.68. The lowest BCUT2D eigenvalue weighted by Gasteiger charge is -2.08. The highest BCUT2D eigenvalue weighted by Crippen LogP contribution is 2.35. The first kappa shape index (κ1) is 18.7. The molecular formula is C19H15ClFN5OS. The lowest BCUT2D eigenvalue weighted by atomic mass is 10.0. The highest BCUT2D eigenvalue weighted by Gasteiger charge is 2.24. The molecule has 6 nitrogen and oxygen atoms in total. The van der Waals surface area contributed by atoms with E-state index in [1.54, 1.807) is 48.2 Å². The zero-order valence-corrected chi connectivity index (χ0v) is 16.6. The Morgan fingerprint density at radius 3 is 2.64 bits per heavy atom. The van der Waals surface area contributed by atoms with Crippen LogP contribution in [0, 0.1) is 12.7 Å². The first-order valence-corrected chi connectivity index (χ1v) is 10.2. The fourth-order valence-electron chi connectivity index (χ4n) is 3.03. The minimum Gasteiger partial charge on any atom is -0.612 e. The topological polar surface area (TPSA) is 92.2 Å². The van der Waals surface area contributed by atoms with E-state index in [4.69, 9.17) is 17.3 Å². The van der Waals surface area contributed by atoms with Crippen LogP contribution in [0.3, 0.4) is 0 Å². The summed E-state index contributed by atoms with van der Waals surface area (Å²) >= 11 is 4.84. The Balaban J connectivity index is 2.12. The number of rotatable bonds is 3. The highest BCUT2D eigenvalue weighted by molar-refractivity contribution is 7.90. The van der Waals surface area contributed by atoms with Crippen LogP contribution in [0.5, 0.6) is 0 Å². The van der Waals surface area contributed by atoms with Crippen molar-refractivity contribution < 1.29 is 8.94 Å². The molecule has 0 spiro atoms. The van der Waals surface area contributed by atoms with Crippen molar-refractivity contribution in [2.24, 2.45) is 0 Å². The van der Waals surface area contributed by atoms with Crippen molar-refractivity contribution in [2.75, 3.05) is 12.0 Å². The van der Waals surface area contributed by atoms with Gasteiger partial charge in [-0.05, 0) is 54.0 Å². The van der Waals surface area contributed by atoms with Crippen LogP contribution in [0.4, 0.5) is 10.2 Å². The number of hydrogen-bond acceptors (Lipinski definition) is 5. The molecular weight excluding hydrogens is 401 g/mol. The number of fused-ring (bicyclic) bond motifs is 1. The average molecular weight is 416 g/mol. The largest absolute Gasteiger partial charge is 0.612 e. The molecule has 3 heterocycles. The van der Waals surface area contributed by atoms with Gasteiger partial charge in [0, 0.05) is 23.4 Å². The van der Waals surface area contributed by atoms with Crippen molar-refractivity contribution in [3.63, 3.8) is 0 Å². The van der Waals surface area contributed by atoms with Gasteiger partial charge in [0.15, 0.2) is 10.0 Å². The third-order valence-electron chi connectivity index (χ3n) is 4.32. The van der Waals surface area contributed by atoms with Crippen molar-refractivity contribution in [1.82, 2.24) is 19.6 Å². The van der Waals surface area contributed by atoms with Crippen LogP contribution in [0.25, 0.3) is 28.2 Å². The summed E-state index contributed by atoms with van der Waals surface area (Å²) < 4.78 is 27.6. The summed E-state index contributed by atoms with van der Waals surface area (Å²) in [7, 11) is 0. The molecule has 0 fully saturated rings. The van der Waals surface area contributed by atoms with Crippen LogP contribution in [-0.4, -0.2) is 30.4 Å². The summed E-state index contributed by atoms with van der Waals surface area (Å²) in [5, 5.41) is 4.54. The number of aryl methyl sites for hydroxylation is 1. The monoisotopic (exact) mass is 415 g/mol. The Morgan fingerprint density at radius 2 is 1.96 bits per heavy atom. The number of aromatic nitrogens is 4. The standard InChI is InChI=1S/C19H15ClFN5OS/c1-10-7-11(3-4-13(10)21)17-18(12-5-6-23-16(22)8-12)26-19(24-17)14(28(2)27)9-15(20)25-26/h3-9H,1-2H3,(H2,22,23). The number of halogens is 2. The molecule has 1 aromatic carbocycles. The maximum atomic E-state index is 13.8. The molecule has 142 valence electrons. The van der Waals surface area contributed by atoms with Crippen molar-refractivity contribution in [3.05, 3.63) is 59.1 Å². The Morgan fingerprint density at radius 1 is 1.18 bits per heavy atom. The number of nitrogen functional groups attached to an aromatic ring is 1. The van der Waals surface area contributed by atoms with E-state index in [1.165, 1.54) is 12.1 Å². The minimum absolute atomic E-state index is 0.181. The molecule has 0 saturated heterocycles. The number of benzene rings is 1. The van der Waals surface area contributed by atoms with Crippen molar-refractivity contribution in [1.29, 1.82) is 0 Å². The summed E-state index contributed by atoms with van der Waals surface area (Å²) in [6, 6.07) is 9.72. The molecule has 2 N–H and O–H groups in total. The van der Waals surface area contributed by atoms with E-state index in [0.717, 1.165) is 0 Å². The average Bonchev–Trinajstić information content (AvgIpc) is 3.02. The van der Waals surface area contributed by atoms with Crippen LogP contribution in [0.1, 0.15) is 5.56 Å². The van der Waals surface area contributed by atoms with E-state index in [0.29, 0.717) is 44.4 Å². The first-order chi connectivity index (χ1) is 13.3. The zero-order valence-electron chi connectivity index (χ0n) is 15.0. The molecule has 3 aromatic heterocycles. The second-order valence-corrected chi connectivity index (χ2v) is 8.00. The number of imidazole rings is 1. The number of anilines is 1. The third kappa shape index (κ3) is 3.19. The van der Waals surface area contributed by atoms with Gasteiger partial charge in [0.2, 0.25) is 5.65 Å². The van der Waals surface area contributed by atoms with Crippen molar-refractivity contribution >= 4 is 34.2 Å². The summed E-state index contributed by atoms with van der Waals surface area (Å²) in [5.74, 6) is 0.0220. The molecule has 0 radical (unpaired) electrons. The van der Waals surface area contributed by atoms with Crippen LogP contribution < -0.4 is 5.73 Å². The lowest BCUT2D eigenvalue weighted by Crippen LogP contribution is -2.04. The van der Waals surface area contributed by atoms with Gasteiger partial charge in [0.05, 0.1) is 5.69 Å². The van der Waals surface area contributed by atoms with E-state index in [2.05, 4.69) is 15.1 Å². The fraction of sp³-hybridized carbons (Fsp3) is 0.105. The van der Waals surface area contributed by atoms with Gasteiger partial charge in [-0.3, -0.25) is 0 Å². The van der Waals surface area contributed by atoms with Gasteiger partial charge in [-0.25, -0.2) is 18.9 Å². The molecule has 4 aromatic rings. The van der Waals surface area contributed by atoms with Gasteiger partial charge in [-0.2, -0.15) is 5.10 Å². The molecule has 9 heteroatoms. The van der Waals surface area contributed by atoms with Gasteiger partial charge < -0.3 is 10.3 Å². The molecule has 0 aliphatic carbocycles. The van der Waals surface area contributed by atoms with Gasteiger partial charge in [-0.1, -0.05) is 11.6 Å². The van der Waals surface area contributed by atoms with Crippen molar-refractivity contribution in [2.45, 2.75) is 11.8 Å². The maximum Gasteiger partial charge on any atom is 0.211 e. The van der Waals surface area contributed by atoms with Gasteiger partial charge >= 0.3 is 0 Å². The van der Waals surface area contributed by atoms with Crippen LogP contribution in [0.2, 0.25) is 5.15 Å². The Kier molecular flexibility index (Phi) is 4.70. The normalized spacial score (nSPS) is 12.5. The second-order valence-electron chi connectivity index (χ2n) is 6.26. The molecule has 4 rings (SSSR count). The molecule has 0 aliphatic rings. The first-order valence-electron chi connectivity index (χ1n) is 8.26.